The van der Waals surface area contributed by atoms with Crippen LogP contribution in [0.5, 0.6) is 0 Å². The quantitative estimate of drug-likeness (QED) is 0.612. The van der Waals surface area contributed by atoms with Gasteiger partial charge in [0.25, 0.3) is 0 Å². The Balaban J connectivity index is 1.74. The van der Waals surface area contributed by atoms with Crippen LogP contribution in [0.15, 0.2) is 18.2 Å². The van der Waals surface area contributed by atoms with E-state index in [1.165, 1.54) is 31.4 Å². The Labute approximate surface area is 105 Å². The zero-order valence-electron chi connectivity index (χ0n) is 10.0. The van der Waals surface area contributed by atoms with Gasteiger partial charge in [-0.15, -0.1) is 0 Å². The van der Waals surface area contributed by atoms with Crippen LogP contribution >= 0.6 is 0 Å². The molecule has 1 aliphatic heterocycles. The number of likely N-dealkylation sites (tertiary alicyclic amines) is 1. The summed E-state index contributed by atoms with van der Waals surface area (Å²) in [6.07, 6.45) is 3.81. The van der Waals surface area contributed by atoms with Crippen LogP contribution < -0.4 is 0 Å². The Bertz CT molecular complexity index is 492. The van der Waals surface area contributed by atoms with Gasteiger partial charge in [-0.3, -0.25) is 15.0 Å². The van der Waals surface area contributed by atoms with Crippen molar-refractivity contribution < 1.29 is 9.31 Å². The number of nitro benzene ring substituents is 1. The Morgan fingerprint density at radius 3 is 2.83 bits per heavy atom. The number of hydrogen-bond acceptors (Lipinski definition) is 3. The number of nitrogens with zero attached hydrogens (tertiary/aromatic N) is 2. The first-order chi connectivity index (χ1) is 8.63. The SMILES string of the molecule is O=[N+]([O-])c1ccc(CN2CC3CCC2C3)cc1F. The van der Waals surface area contributed by atoms with E-state index < -0.39 is 16.4 Å². The van der Waals surface area contributed by atoms with E-state index in [1.54, 1.807) is 6.07 Å². The van der Waals surface area contributed by atoms with Crippen LogP contribution in [0.25, 0.3) is 0 Å². The minimum Gasteiger partial charge on any atom is -0.296 e. The average molecular weight is 250 g/mol. The van der Waals surface area contributed by atoms with Crippen molar-refractivity contribution in [3.05, 3.63) is 39.7 Å². The van der Waals surface area contributed by atoms with Crippen LogP contribution in [0.2, 0.25) is 0 Å². The van der Waals surface area contributed by atoms with Crippen LogP contribution in [0.1, 0.15) is 24.8 Å². The highest BCUT2D eigenvalue weighted by Gasteiger charge is 2.37. The van der Waals surface area contributed by atoms with E-state index in [1.807, 2.05) is 0 Å². The number of rotatable bonds is 3. The number of nitro groups is 1. The summed E-state index contributed by atoms with van der Waals surface area (Å²) in [6.45, 7) is 1.79. The number of halogens is 1. The van der Waals surface area contributed by atoms with Crippen LogP contribution in [0.3, 0.4) is 0 Å². The first-order valence-corrected chi connectivity index (χ1v) is 6.30. The van der Waals surface area contributed by atoms with E-state index in [-0.39, 0.29) is 0 Å². The average Bonchev–Trinajstić information content (AvgIpc) is 2.90. The summed E-state index contributed by atoms with van der Waals surface area (Å²) in [5.41, 5.74) is 0.382. The Hall–Kier alpha value is -1.49. The highest BCUT2D eigenvalue weighted by molar-refractivity contribution is 5.35. The van der Waals surface area contributed by atoms with E-state index >= 15 is 0 Å². The van der Waals surface area contributed by atoms with Gasteiger partial charge in [-0.1, -0.05) is 6.07 Å². The maximum Gasteiger partial charge on any atom is 0.304 e. The predicted octanol–water partition coefficient (Wildman–Crippen LogP) is 2.72. The maximum atomic E-state index is 13.5. The lowest BCUT2D eigenvalue weighted by Crippen LogP contribution is -2.31. The Kier molecular flexibility index (Phi) is 2.78. The molecule has 18 heavy (non-hydrogen) atoms. The minimum atomic E-state index is -0.734. The highest BCUT2D eigenvalue weighted by Crippen LogP contribution is 2.38. The molecule has 2 aliphatic rings. The van der Waals surface area contributed by atoms with E-state index in [9.17, 15) is 14.5 Å². The second-order valence-electron chi connectivity index (χ2n) is 5.31. The normalized spacial score (nSPS) is 26.7. The molecule has 96 valence electrons. The molecule has 1 aromatic rings. The van der Waals surface area contributed by atoms with Crippen molar-refractivity contribution in [1.29, 1.82) is 0 Å². The molecule has 1 aliphatic carbocycles. The fraction of sp³-hybridized carbons (Fsp3) is 0.538. The third-order valence-corrected chi connectivity index (χ3v) is 4.12. The molecule has 1 aromatic carbocycles. The van der Waals surface area contributed by atoms with Gasteiger partial charge in [-0.05, 0) is 36.8 Å². The number of piperidine rings is 1. The Morgan fingerprint density at radius 2 is 2.28 bits per heavy atom. The molecule has 1 heterocycles. The molecule has 3 rings (SSSR count). The highest BCUT2D eigenvalue weighted by atomic mass is 19.1. The third-order valence-electron chi connectivity index (χ3n) is 4.12. The van der Waals surface area contributed by atoms with E-state index in [4.69, 9.17) is 0 Å². The van der Waals surface area contributed by atoms with Gasteiger partial charge in [0.1, 0.15) is 0 Å². The van der Waals surface area contributed by atoms with Crippen LogP contribution in [0, 0.1) is 21.8 Å². The number of benzene rings is 1. The summed E-state index contributed by atoms with van der Waals surface area (Å²) in [5, 5.41) is 10.5. The summed E-state index contributed by atoms with van der Waals surface area (Å²) >= 11 is 0. The smallest absolute Gasteiger partial charge is 0.296 e. The van der Waals surface area contributed by atoms with Gasteiger partial charge < -0.3 is 0 Å². The largest absolute Gasteiger partial charge is 0.304 e. The number of fused-ring (bicyclic) bond motifs is 2. The van der Waals surface area contributed by atoms with Crippen molar-refractivity contribution in [1.82, 2.24) is 4.90 Å². The molecular weight excluding hydrogens is 235 g/mol. The van der Waals surface area contributed by atoms with Crippen LogP contribution in [0.4, 0.5) is 10.1 Å². The van der Waals surface area contributed by atoms with Crippen molar-refractivity contribution in [2.45, 2.75) is 31.8 Å². The summed E-state index contributed by atoms with van der Waals surface area (Å²) in [4.78, 5) is 12.2. The first kappa shape index (κ1) is 11.6. The summed E-state index contributed by atoms with van der Waals surface area (Å²) in [6, 6.07) is 4.85. The van der Waals surface area contributed by atoms with E-state index in [2.05, 4.69) is 4.90 Å². The molecule has 0 N–H and O–H groups in total. The topological polar surface area (TPSA) is 46.4 Å². The third kappa shape index (κ3) is 1.99. The monoisotopic (exact) mass is 250 g/mol. The van der Waals surface area contributed by atoms with Gasteiger partial charge in [0, 0.05) is 25.2 Å². The lowest BCUT2D eigenvalue weighted by molar-refractivity contribution is -0.387. The molecule has 0 aromatic heterocycles. The minimum absolute atomic E-state index is 0.443. The molecule has 1 saturated heterocycles. The molecule has 0 amide bonds. The predicted molar refractivity (Wildman–Crippen MR) is 64.6 cm³/mol. The summed E-state index contributed by atoms with van der Waals surface area (Å²) in [7, 11) is 0. The fourth-order valence-corrected chi connectivity index (χ4v) is 3.25. The van der Waals surface area contributed by atoms with Crippen LogP contribution in [-0.4, -0.2) is 22.4 Å². The van der Waals surface area contributed by atoms with E-state index in [0.29, 0.717) is 12.6 Å². The van der Waals surface area contributed by atoms with Crippen LogP contribution in [-0.2, 0) is 6.54 Å². The maximum absolute atomic E-state index is 13.5. The second kappa shape index (κ2) is 4.31. The first-order valence-electron chi connectivity index (χ1n) is 6.30. The molecule has 2 unspecified atom stereocenters. The standard InChI is InChI=1S/C13H15FN2O2/c14-12-6-10(2-4-13(12)16(17)18)8-15-7-9-1-3-11(15)5-9/h2,4,6,9,11H,1,3,5,7-8H2. The van der Waals surface area contributed by atoms with Crippen molar-refractivity contribution in [3.63, 3.8) is 0 Å². The van der Waals surface area contributed by atoms with Crippen molar-refractivity contribution in [3.8, 4) is 0 Å². The van der Waals surface area contributed by atoms with Crippen molar-refractivity contribution >= 4 is 5.69 Å². The van der Waals surface area contributed by atoms with Gasteiger partial charge in [-0.2, -0.15) is 4.39 Å². The lowest BCUT2D eigenvalue weighted by atomic mass is 10.1. The van der Waals surface area contributed by atoms with Crippen molar-refractivity contribution in [2.75, 3.05) is 6.54 Å². The molecule has 2 bridgehead atoms. The Morgan fingerprint density at radius 1 is 1.44 bits per heavy atom. The molecule has 0 radical (unpaired) electrons. The molecule has 2 atom stereocenters. The van der Waals surface area contributed by atoms with Gasteiger partial charge in [-0.25, -0.2) is 0 Å². The number of hydrogen-bond donors (Lipinski definition) is 0. The molecular formula is C13H15FN2O2. The van der Waals surface area contributed by atoms with Gasteiger partial charge in [0.15, 0.2) is 0 Å². The van der Waals surface area contributed by atoms with Gasteiger partial charge >= 0.3 is 5.69 Å². The fourth-order valence-electron chi connectivity index (χ4n) is 3.25. The van der Waals surface area contributed by atoms with Crippen molar-refractivity contribution in [2.24, 2.45) is 5.92 Å². The molecule has 2 fully saturated rings. The zero-order valence-corrected chi connectivity index (χ0v) is 10.0. The molecule has 5 heteroatoms. The summed E-state index contributed by atoms with van der Waals surface area (Å²) in [5.74, 6) is 0.0692. The van der Waals surface area contributed by atoms with Gasteiger partial charge in [0.05, 0.1) is 4.92 Å². The molecule has 0 spiro atoms. The van der Waals surface area contributed by atoms with E-state index in [0.717, 1.165) is 18.0 Å². The summed E-state index contributed by atoms with van der Waals surface area (Å²) < 4.78 is 13.5. The lowest BCUT2D eigenvalue weighted by Gasteiger charge is -2.26. The second-order valence-corrected chi connectivity index (χ2v) is 5.31. The molecule has 4 nitrogen and oxygen atoms in total. The zero-order chi connectivity index (χ0) is 12.7. The van der Waals surface area contributed by atoms with Gasteiger partial charge in [0.2, 0.25) is 5.82 Å². The molecule has 1 saturated carbocycles.